The summed E-state index contributed by atoms with van der Waals surface area (Å²) in [4.78, 5) is 50.9. The van der Waals surface area contributed by atoms with Gasteiger partial charge in [-0.25, -0.2) is 0 Å². The lowest BCUT2D eigenvalue weighted by atomic mass is 9.33. The predicted octanol–water partition coefficient (Wildman–Crippen LogP) is -1.76. The highest BCUT2D eigenvalue weighted by Gasteiger charge is 2.70. The molecule has 58 heavy (non-hydrogen) atoms. The van der Waals surface area contributed by atoms with Crippen LogP contribution in [0.4, 0.5) is 0 Å². The number of ketones is 1. The molecule has 19 unspecified atom stereocenters. The van der Waals surface area contributed by atoms with E-state index in [1.54, 1.807) is 6.92 Å². The van der Waals surface area contributed by atoms with Crippen LogP contribution in [-0.4, -0.2) is 117 Å². The summed E-state index contributed by atoms with van der Waals surface area (Å²) in [6, 6.07) is 0. The number of aliphatic carboxylic acids is 3. The number of carboxylic acids is 3. The Morgan fingerprint density at radius 3 is 1.90 bits per heavy atom. The number of carboxylic acid groups (broad SMARTS) is 3. The van der Waals surface area contributed by atoms with Gasteiger partial charge in [0.15, 0.2) is 18.4 Å². The molecule has 6 fully saturated rings. The Bertz CT molecular complexity index is 1730. The van der Waals surface area contributed by atoms with Crippen LogP contribution in [0.1, 0.15) is 106 Å². The van der Waals surface area contributed by atoms with Gasteiger partial charge in [0, 0.05) is 17.3 Å². The molecule has 0 radical (unpaired) electrons. The van der Waals surface area contributed by atoms with Gasteiger partial charge in [0.05, 0.1) is 18.0 Å². The number of allylic oxidation sites excluding steroid dienone is 2. The van der Waals surface area contributed by atoms with Crippen LogP contribution in [0.2, 0.25) is 0 Å². The third kappa shape index (κ3) is 6.25. The largest absolute Gasteiger partial charge is 0.550 e. The number of ether oxygens (including phenoxy) is 4. The summed E-state index contributed by atoms with van der Waals surface area (Å²) < 4.78 is 23.1. The Balaban J connectivity index is 1.17. The van der Waals surface area contributed by atoms with E-state index >= 15 is 0 Å². The van der Waals surface area contributed by atoms with Gasteiger partial charge < -0.3 is 74.2 Å². The molecule has 0 aromatic heterocycles. The van der Waals surface area contributed by atoms with Crippen molar-refractivity contribution in [3.05, 3.63) is 11.6 Å². The minimum Gasteiger partial charge on any atom is -0.550 e. The molecular formula is C42H59O16-3. The molecule has 0 aromatic carbocycles. The Kier molecular flexibility index (Phi) is 10.7. The zero-order valence-corrected chi connectivity index (χ0v) is 34.3. The molecule has 0 bridgehead atoms. The van der Waals surface area contributed by atoms with Crippen molar-refractivity contribution in [3.8, 4) is 0 Å². The summed E-state index contributed by atoms with van der Waals surface area (Å²) in [6.45, 7) is 14.6. The molecule has 7 aliphatic rings. The zero-order valence-electron chi connectivity index (χ0n) is 34.3. The fourth-order valence-corrected chi connectivity index (χ4v) is 13.3. The summed E-state index contributed by atoms with van der Waals surface area (Å²) >= 11 is 0. The highest BCUT2D eigenvalue weighted by Crippen LogP contribution is 2.75. The van der Waals surface area contributed by atoms with Gasteiger partial charge in [0.2, 0.25) is 0 Å². The highest BCUT2D eigenvalue weighted by molar-refractivity contribution is 5.95. The van der Waals surface area contributed by atoms with Crippen LogP contribution >= 0.6 is 0 Å². The molecule has 7 rings (SSSR count). The van der Waals surface area contributed by atoms with Gasteiger partial charge in [-0.05, 0) is 103 Å². The van der Waals surface area contributed by atoms with Gasteiger partial charge in [-0.1, -0.05) is 54.0 Å². The van der Waals surface area contributed by atoms with E-state index in [1.807, 2.05) is 19.9 Å². The Morgan fingerprint density at radius 1 is 0.707 bits per heavy atom. The molecular weight excluding hydrogens is 760 g/mol. The summed E-state index contributed by atoms with van der Waals surface area (Å²) in [5, 5.41) is 89.2. The molecule has 16 heteroatoms. The van der Waals surface area contributed by atoms with Crippen molar-refractivity contribution in [3.63, 3.8) is 0 Å². The van der Waals surface area contributed by atoms with Crippen LogP contribution in [0.5, 0.6) is 0 Å². The standard InChI is InChI=1S/C42H62O16/c1-37(2)21-8-11-42(7)31(20(43)16-18-19-17-39(4,36(53)54)13-12-38(19,3)14-15-41(18,42)6)40(21,5)10-9-22(37)55-35-30(26(47)25(46)29(57-35)33(51)52)58-34-27(48)23(44)24(45)28(56-34)32(49)50/h16,19,21-31,34-35,44-48H,8-15,17H2,1-7H3,(H,49,50)(H,51,52)(H,53,54)/p-3. The summed E-state index contributed by atoms with van der Waals surface area (Å²) in [6.07, 6.45) is -13.4. The summed E-state index contributed by atoms with van der Waals surface area (Å²) in [7, 11) is 0. The minimum absolute atomic E-state index is 0.0357. The van der Waals surface area contributed by atoms with E-state index < -0.39 is 107 Å². The lowest BCUT2D eigenvalue weighted by Gasteiger charge is -2.70. The van der Waals surface area contributed by atoms with Crippen molar-refractivity contribution < 1.29 is 79.0 Å². The molecule has 0 aromatic rings. The lowest BCUT2D eigenvalue weighted by molar-refractivity contribution is -0.391. The number of aliphatic hydroxyl groups is 5. The SMILES string of the molecule is CC1(C(=O)[O-])CCC2(C)CCC3(C)C(=CC(=O)C4C5(C)CCC(OC6OC(C(=O)[O-])C(O)C(O)C6OC6OC(C(=O)[O-])C(O)C(O)C6O)C(C)(C)C5CCC43C)C2C1. The second-order valence-electron chi connectivity index (χ2n) is 20.6. The van der Waals surface area contributed by atoms with E-state index in [4.69, 9.17) is 18.9 Å². The molecule has 2 heterocycles. The second kappa shape index (κ2) is 14.3. The van der Waals surface area contributed by atoms with Crippen molar-refractivity contribution in [2.75, 3.05) is 0 Å². The third-order valence-corrected chi connectivity index (χ3v) is 17.2. The first-order valence-electron chi connectivity index (χ1n) is 20.7. The number of hydrogen-bond donors (Lipinski definition) is 5. The second-order valence-corrected chi connectivity index (χ2v) is 20.6. The van der Waals surface area contributed by atoms with Gasteiger partial charge in [0.25, 0.3) is 0 Å². The molecule has 19 atom stereocenters. The van der Waals surface area contributed by atoms with Gasteiger partial charge in [-0.2, -0.15) is 0 Å². The number of rotatable bonds is 7. The summed E-state index contributed by atoms with van der Waals surface area (Å²) in [5.74, 6) is -5.37. The average Bonchev–Trinajstić information content (AvgIpc) is 3.13. The van der Waals surface area contributed by atoms with Crippen LogP contribution in [0.15, 0.2) is 11.6 Å². The fraction of sp³-hybridized carbons (Fsp3) is 0.857. The first kappa shape index (κ1) is 43.5. The van der Waals surface area contributed by atoms with Crippen molar-refractivity contribution in [2.24, 2.45) is 50.2 Å². The topological polar surface area (TPSA) is 276 Å². The van der Waals surface area contributed by atoms with Gasteiger partial charge in [-0.3, -0.25) is 4.79 Å². The fourth-order valence-electron chi connectivity index (χ4n) is 13.3. The number of carbonyl (C=O) groups excluding carboxylic acids is 4. The molecule has 0 spiro atoms. The maximum atomic E-state index is 14.8. The third-order valence-electron chi connectivity index (χ3n) is 17.2. The molecule has 4 saturated carbocycles. The van der Waals surface area contributed by atoms with E-state index in [9.17, 15) is 60.0 Å². The molecule has 326 valence electrons. The number of fused-ring (bicyclic) bond motifs is 7. The van der Waals surface area contributed by atoms with E-state index in [1.165, 1.54) is 0 Å². The Hall–Kier alpha value is -2.54. The quantitative estimate of drug-likeness (QED) is 0.178. The predicted molar refractivity (Wildman–Crippen MR) is 192 cm³/mol. The summed E-state index contributed by atoms with van der Waals surface area (Å²) in [5.41, 5.74) is -2.11. The molecule has 0 amide bonds. The van der Waals surface area contributed by atoms with Gasteiger partial charge in [-0.15, -0.1) is 0 Å². The highest BCUT2D eigenvalue weighted by atomic mass is 16.8. The van der Waals surface area contributed by atoms with Crippen LogP contribution in [-0.2, 0) is 38.1 Å². The first-order chi connectivity index (χ1) is 26.8. The number of carbonyl (C=O) groups is 4. The Morgan fingerprint density at radius 2 is 1.29 bits per heavy atom. The molecule has 2 aliphatic heterocycles. The Labute approximate surface area is 337 Å². The smallest absolute Gasteiger partial charge is 0.187 e. The molecule has 2 saturated heterocycles. The van der Waals surface area contributed by atoms with E-state index in [2.05, 4.69) is 27.7 Å². The van der Waals surface area contributed by atoms with Gasteiger partial charge >= 0.3 is 0 Å². The van der Waals surface area contributed by atoms with Gasteiger partial charge in [0.1, 0.15) is 48.8 Å². The maximum Gasteiger partial charge on any atom is 0.187 e. The average molecular weight is 820 g/mol. The van der Waals surface area contributed by atoms with Crippen LogP contribution in [0.3, 0.4) is 0 Å². The minimum atomic E-state index is -2.16. The molecule has 5 aliphatic carbocycles. The lowest BCUT2D eigenvalue weighted by Crippen LogP contribution is -2.68. The van der Waals surface area contributed by atoms with Crippen LogP contribution in [0, 0.1) is 50.2 Å². The van der Waals surface area contributed by atoms with E-state index in [0.29, 0.717) is 38.5 Å². The van der Waals surface area contributed by atoms with E-state index in [-0.39, 0.29) is 34.4 Å². The van der Waals surface area contributed by atoms with E-state index in [0.717, 1.165) is 24.8 Å². The molecule has 16 nitrogen and oxygen atoms in total. The van der Waals surface area contributed by atoms with Crippen LogP contribution < -0.4 is 15.3 Å². The maximum absolute atomic E-state index is 14.8. The van der Waals surface area contributed by atoms with Crippen LogP contribution in [0.25, 0.3) is 0 Å². The zero-order chi connectivity index (χ0) is 42.9. The number of aliphatic hydroxyl groups excluding tert-OH is 5. The monoisotopic (exact) mass is 819 g/mol. The van der Waals surface area contributed by atoms with Crippen molar-refractivity contribution in [2.45, 2.75) is 174 Å². The first-order valence-corrected chi connectivity index (χ1v) is 20.7. The van der Waals surface area contributed by atoms with Crippen molar-refractivity contribution >= 4 is 23.7 Å². The van der Waals surface area contributed by atoms with Crippen molar-refractivity contribution in [1.82, 2.24) is 0 Å². The number of hydrogen-bond acceptors (Lipinski definition) is 16. The van der Waals surface area contributed by atoms with Crippen molar-refractivity contribution in [1.29, 1.82) is 0 Å². The normalized spacial score (nSPS) is 52.6. The molecule has 5 N–H and O–H groups in total.